The zero-order valence-electron chi connectivity index (χ0n) is 9.22. The summed E-state index contributed by atoms with van der Waals surface area (Å²) in [4.78, 5) is 11.1. The summed E-state index contributed by atoms with van der Waals surface area (Å²) in [5.41, 5.74) is 1.02. The van der Waals surface area contributed by atoms with Crippen LogP contribution in [0.3, 0.4) is 0 Å². The van der Waals surface area contributed by atoms with Gasteiger partial charge in [0.2, 0.25) is 0 Å². The molecule has 0 radical (unpaired) electrons. The van der Waals surface area contributed by atoms with Crippen LogP contribution >= 0.6 is 0 Å². The van der Waals surface area contributed by atoms with E-state index in [9.17, 15) is 9.18 Å². The monoisotopic (exact) mass is 234 g/mol. The second-order valence-corrected chi connectivity index (χ2v) is 3.53. The summed E-state index contributed by atoms with van der Waals surface area (Å²) in [6.45, 7) is 2.48. The van der Waals surface area contributed by atoms with Crippen molar-refractivity contribution in [3.63, 3.8) is 0 Å². The Morgan fingerprint density at radius 1 is 1.47 bits per heavy atom. The molecule has 0 bridgehead atoms. The Labute approximate surface area is 97.3 Å². The van der Waals surface area contributed by atoms with Crippen molar-refractivity contribution in [2.24, 2.45) is 0 Å². The van der Waals surface area contributed by atoms with Gasteiger partial charge >= 0.3 is 5.97 Å². The number of aromatic nitrogens is 2. The number of carbonyl (C=O) groups is 1. The maximum absolute atomic E-state index is 13.2. The number of benzene rings is 1. The van der Waals surface area contributed by atoms with Crippen LogP contribution in [0.2, 0.25) is 0 Å². The van der Waals surface area contributed by atoms with Gasteiger partial charge in [0.15, 0.2) is 0 Å². The Morgan fingerprint density at radius 3 is 2.88 bits per heavy atom. The van der Waals surface area contributed by atoms with E-state index in [4.69, 9.17) is 5.11 Å². The van der Waals surface area contributed by atoms with E-state index >= 15 is 0 Å². The predicted octanol–water partition coefficient (Wildman–Crippen LogP) is 2.41. The number of carboxylic acid groups (broad SMARTS) is 1. The fourth-order valence-electron chi connectivity index (χ4n) is 1.73. The molecular formula is C12H11FN2O2. The molecule has 2 aromatic rings. The average Bonchev–Trinajstić information content (AvgIpc) is 2.76. The minimum Gasteiger partial charge on any atom is -0.478 e. The van der Waals surface area contributed by atoms with Gasteiger partial charge < -0.3 is 5.11 Å². The quantitative estimate of drug-likeness (QED) is 0.887. The van der Waals surface area contributed by atoms with E-state index in [1.54, 1.807) is 16.9 Å². The first-order valence-corrected chi connectivity index (χ1v) is 5.18. The Morgan fingerprint density at radius 2 is 2.24 bits per heavy atom. The summed E-state index contributed by atoms with van der Waals surface area (Å²) in [7, 11) is 0. The summed E-state index contributed by atoms with van der Waals surface area (Å²) in [6, 6.07) is 5.29. The van der Waals surface area contributed by atoms with Gasteiger partial charge in [0.05, 0.1) is 11.3 Å². The van der Waals surface area contributed by atoms with Crippen molar-refractivity contribution in [3.05, 3.63) is 41.8 Å². The molecular weight excluding hydrogens is 223 g/mol. The van der Waals surface area contributed by atoms with E-state index in [0.29, 0.717) is 17.8 Å². The van der Waals surface area contributed by atoms with Gasteiger partial charge in [-0.25, -0.2) is 9.18 Å². The standard InChI is InChI=1S/C12H11FN2O2/c1-2-15-11(5-6-14-15)10-7-8(13)3-4-9(10)12(16)17/h3-7H,2H2,1H3,(H,16,17). The second kappa shape index (κ2) is 4.37. The first-order chi connectivity index (χ1) is 8.13. The molecule has 1 N–H and O–H groups in total. The number of nitrogens with zero attached hydrogens (tertiary/aromatic N) is 2. The van der Waals surface area contributed by atoms with E-state index in [1.807, 2.05) is 6.92 Å². The largest absolute Gasteiger partial charge is 0.478 e. The van der Waals surface area contributed by atoms with Crippen molar-refractivity contribution < 1.29 is 14.3 Å². The van der Waals surface area contributed by atoms with Crippen LogP contribution in [-0.4, -0.2) is 20.9 Å². The van der Waals surface area contributed by atoms with Gasteiger partial charge in [-0.1, -0.05) is 0 Å². The summed E-state index contributed by atoms with van der Waals surface area (Å²) in [5, 5.41) is 13.1. The minimum absolute atomic E-state index is 0.0709. The van der Waals surface area contributed by atoms with Crippen molar-refractivity contribution in [3.8, 4) is 11.3 Å². The highest BCUT2D eigenvalue weighted by atomic mass is 19.1. The molecule has 1 aromatic heterocycles. The number of aromatic carboxylic acids is 1. The maximum atomic E-state index is 13.2. The first kappa shape index (κ1) is 11.3. The third kappa shape index (κ3) is 2.04. The lowest BCUT2D eigenvalue weighted by Gasteiger charge is -2.08. The molecule has 0 saturated carbocycles. The highest BCUT2D eigenvalue weighted by Gasteiger charge is 2.15. The van der Waals surface area contributed by atoms with Crippen LogP contribution in [0, 0.1) is 5.82 Å². The van der Waals surface area contributed by atoms with Gasteiger partial charge in [-0.2, -0.15) is 5.10 Å². The van der Waals surface area contributed by atoms with Crippen LogP contribution in [0.1, 0.15) is 17.3 Å². The van der Waals surface area contributed by atoms with Crippen LogP contribution in [0.4, 0.5) is 4.39 Å². The number of aryl methyl sites for hydroxylation is 1. The molecule has 0 aliphatic heterocycles. The van der Waals surface area contributed by atoms with Crippen molar-refractivity contribution >= 4 is 5.97 Å². The van der Waals surface area contributed by atoms with Crippen LogP contribution in [0.15, 0.2) is 30.5 Å². The predicted molar refractivity (Wildman–Crippen MR) is 60.3 cm³/mol. The summed E-state index contributed by atoms with van der Waals surface area (Å²) >= 11 is 0. The van der Waals surface area contributed by atoms with Gasteiger partial charge in [0.25, 0.3) is 0 Å². The molecule has 88 valence electrons. The van der Waals surface area contributed by atoms with Crippen LogP contribution in [-0.2, 0) is 6.54 Å². The van der Waals surface area contributed by atoms with Crippen LogP contribution in [0.5, 0.6) is 0 Å². The molecule has 0 spiro atoms. The topological polar surface area (TPSA) is 55.1 Å². The van der Waals surface area contributed by atoms with E-state index in [1.165, 1.54) is 12.1 Å². The molecule has 17 heavy (non-hydrogen) atoms. The molecule has 1 aromatic carbocycles. The normalized spacial score (nSPS) is 10.5. The fourth-order valence-corrected chi connectivity index (χ4v) is 1.73. The van der Waals surface area contributed by atoms with E-state index < -0.39 is 11.8 Å². The molecule has 4 nitrogen and oxygen atoms in total. The van der Waals surface area contributed by atoms with Gasteiger partial charge in [-0.3, -0.25) is 4.68 Å². The molecule has 5 heteroatoms. The lowest BCUT2D eigenvalue weighted by Crippen LogP contribution is -2.04. The number of rotatable bonds is 3. The van der Waals surface area contributed by atoms with Gasteiger partial charge in [0, 0.05) is 18.3 Å². The molecule has 0 saturated heterocycles. The van der Waals surface area contributed by atoms with E-state index in [-0.39, 0.29) is 5.56 Å². The van der Waals surface area contributed by atoms with Crippen LogP contribution in [0.25, 0.3) is 11.3 Å². The van der Waals surface area contributed by atoms with Crippen molar-refractivity contribution in [1.29, 1.82) is 0 Å². The lowest BCUT2D eigenvalue weighted by atomic mass is 10.0. The molecule has 0 fully saturated rings. The highest BCUT2D eigenvalue weighted by molar-refractivity contribution is 5.95. The van der Waals surface area contributed by atoms with E-state index in [2.05, 4.69) is 5.10 Å². The zero-order valence-corrected chi connectivity index (χ0v) is 9.22. The smallest absolute Gasteiger partial charge is 0.336 e. The maximum Gasteiger partial charge on any atom is 0.336 e. The molecule has 1 heterocycles. The second-order valence-electron chi connectivity index (χ2n) is 3.53. The first-order valence-electron chi connectivity index (χ1n) is 5.18. The molecule has 0 unspecified atom stereocenters. The van der Waals surface area contributed by atoms with Crippen molar-refractivity contribution in [2.45, 2.75) is 13.5 Å². The number of carboxylic acids is 1. The highest BCUT2D eigenvalue weighted by Crippen LogP contribution is 2.24. The van der Waals surface area contributed by atoms with Gasteiger partial charge in [0.1, 0.15) is 5.82 Å². The van der Waals surface area contributed by atoms with Crippen molar-refractivity contribution in [2.75, 3.05) is 0 Å². The Bertz CT molecular complexity index is 563. The number of hydrogen-bond acceptors (Lipinski definition) is 2. The molecule has 0 atom stereocenters. The Kier molecular flexibility index (Phi) is 2.91. The zero-order chi connectivity index (χ0) is 12.4. The number of halogens is 1. The van der Waals surface area contributed by atoms with E-state index in [0.717, 1.165) is 6.07 Å². The van der Waals surface area contributed by atoms with Gasteiger partial charge in [-0.15, -0.1) is 0 Å². The molecule has 0 aliphatic rings. The van der Waals surface area contributed by atoms with Crippen molar-refractivity contribution in [1.82, 2.24) is 9.78 Å². The third-order valence-electron chi connectivity index (χ3n) is 2.50. The third-order valence-corrected chi connectivity index (χ3v) is 2.50. The Hall–Kier alpha value is -2.17. The molecule has 0 aliphatic carbocycles. The van der Waals surface area contributed by atoms with Crippen LogP contribution < -0.4 is 0 Å². The summed E-state index contributed by atoms with van der Waals surface area (Å²) in [5.74, 6) is -1.54. The van der Waals surface area contributed by atoms with Gasteiger partial charge in [-0.05, 0) is 31.2 Å². The molecule has 2 rings (SSSR count). The summed E-state index contributed by atoms with van der Waals surface area (Å²) in [6.07, 6.45) is 1.56. The minimum atomic E-state index is -1.08. The average molecular weight is 234 g/mol. The number of hydrogen-bond donors (Lipinski definition) is 1. The summed E-state index contributed by atoms with van der Waals surface area (Å²) < 4.78 is 14.8. The SMILES string of the molecule is CCn1nccc1-c1cc(F)ccc1C(=O)O. The fraction of sp³-hybridized carbons (Fsp3) is 0.167. The Balaban J connectivity index is 2.65. The molecule has 0 amide bonds. The lowest BCUT2D eigenvalue weighted by molar-refractivity contribution is 0.0697.